The summed E-state index contributed by atoms with van der Waals surface area (Å²) in [5, 5.41) is 8.66. The van der Waals surface area contributed by atoms with Crippen LogP contribution in [0.2, 0.25) is 0 Å². The highest BCUT2D eigenvalue weighted by Crippen LogP contribution is 2.14. The smallest absolute Gasteiger partial charge is 0.332 e. The number of anilines is 1. The van der Waals surface area contributed by atoms with Gasteiger partial charge in [-0.15, -0.1) is 0 Å². The summed E-state index contributed by atoms with van der Waals surface area (Å²) in [6, 6.07) is 5.82. The number of benzene rings is 1. The van der Waals surface area contributed by atoms with Crippen molar-refractivity contribution in [2.24, 2.45) is 0 Å². The number of imidazole rings is 1. The van der Waals surface area contributed by atoms with Gasteiger partial charge in [0.05, 0.1) is 30.5 Å². The highest BCUT2D eigenvalue weighted by atomic mass is 19.1. The predicted octanol–water partition coefficient (Wildman–Crippen LogP) is 0.593. The third kappa shape index (κ3) is 4.07. The Morgan fingerprint density at radius 2 is 2.10 bits per heavy atom. The Bertz CT molecular complexity index is 1100. The molecule has 4 rings (SSSR count). The van der Waals surface area contributed by atoms with E-state index in [9.17, 15) is 14.0 Å². The van der Waals surface area contributed by atoms with Gasteiger partial charge in [-0.05, 0) is 18.2 Å². The lowest BCUT2D eigenvalue weighted by molar-refractivity contribution is 0.0284. The summed E-state index contributed by atoms with van der Waals surface area (Å²) in [5.74, 6) is -0.688. The topological polar surface area (TPSA) is 115 Å². The molecule has 11 heteroatoms. The van der Waals surface area contributed by atoms with E-state index in [0.29, 0.717) is 37.9 Å². The second kappa shape index (κ2) is 8.43. The van der Waals surface area contributed by atoms with Crippen molar-refractivity contribution in [3.8, 4) is 5.69 Å². The Morgan fingerprint density at radius 3 is 2.83 bits per heavy atom. The van der Waals surface area contributed by atoms with E-state index in [4.69, 9.17) is 9.94 Å². The monoisotopic (exact) mass is 414 g/mol. The second-order valence-electron chi connectivity index (χ2n) is 6.73. The molecule has 1 fully saturated rings. The minimum atomic E-state index is -0.691. The van der Waals surface area contributed by atoms with Gasteiger partial charge in [-0.1, -0.05) is 6.07 Å². The number of nitrogens with zero attached hydrogens (tertiary/aromatic N) is 5. The molecule has 0 bridgehead atoms. The van der Waals surface area contributed by atoms with Crippen LogP contribution in [0.15, 0.2) is 53.8 Å². The molecule has 1 amide bonds. The number of hydrogen-bond acceptors (Lipinski definition) is 7. The van der Waals surface area contributed by atoms with Crippen LogP contribution in [-0.2, 0) is 11.3 Å². The molecule has 0 aliphatic carbocycles. The van der Waals surface area contributed by atoms with Crippen molar-refractivity contribution in [1.82, 2.24) is 24.6 Å². The first-order valence-electron chi connectivity index (χ1n) is 9.22. The molecular weight excluding hydrogens is 395 g/mol. The van der Waals surface area contributed by atoms with Gasteiger partial charge in [-0.3, -0.25) is 19.1 Å². The van der Waals surface area contributed by atoms with Crippen molar-refractivity contribution in [2.75, 3.05) is 24.6 Å². The van der Waals surface area contributed by atoms with Crippen LogP contribution in [0.4, 0.5) is 10.3 Å². The second-order valence-corrected chi connectivity index (χ2v) is 6.73. The number of hydroxylamine groups is 1. The number of rotatable bonds is 5. The molecule has 1 atom stereocenters. The number of aromatic nitrogens is 4. The largest absolute Gasteiger partial charge is 0.373 e. The Hall–Kier alpha value is -3.57. The van der Waals surface area contributed by atoms with Gasteiger partial charge in [0.25, 0.3) is 5.91 Å². The SMILES string of the molecule is O=C(NO)c1cnc(N2CCOC(Cn3ccn(-c4cccc(F)c4)c3=O)C2)nc1. The zero-order chi connectivity index (χ0) is 21.1. The average molecular weight is 414 g/mol. The standard InChI is InChI=1S/C19H19FN6O4/c20-14-2-1-3-15(8-14)26-5-4-25(19(26)28)12-16-11-24(6-7-30-16)18-21-9-13(10-22-18)17(27)23-29/h1-5,8-10,16,29H,6-7,11-12H2,(H,23,27). The molecule has 30 heavy (non-hydrogen) atoms. The van der Waals surface area contributed by atoms with Crippen molar-refractivity contribution in [2.45, 2.75) is 12.6 Å². The molecule has 0 spiro atoms. The Balaban J connectivity index is 1.46. The molecule has 10 nitrogen and oxygen atoms in total. The fourth-order valence-electron chi connectivity index (χ4n) is 3.27. The minimum Gasteiger partial charge on any atom is -0.373 e. The maximum Gasteiger partial charge on any atom is 0.332 e. The van der Waals surface area contributed by atoms with Crippen molar-refractivity contribution in [3.63, 3.8) is 0 Å². The number of hydrogen-bond donors (Lipinski definition) is 2. The van der Waals surface area contributed by atoms with Gasteiger partial charge in [0, 0.05) is 37.9 Å². The van der Waals surface area contributed by atoms with E-state index < -0.39 is 11.7 Å². The van der Waals surface area contributed by atoms with Gasteiger partial charge in [0.15, 0.2) is 0 Å². The molecular formula is C19H19FN6O4. The number of ether oxygens (including phenoxy) is 1. The normalized spacial score (nSPS) is 16.5. The van der Waals surface area contributed by atoms with E-state index in [0.717, 1.165) is 0 Å². The molecule has 2 N–H and O–H groups in total. The molecule has 0 saturated carbocycles. The fraction of sp³-hybridized carbons (Fsp3) is 0.263. The fourth-order valence-corrected chi connectivity index (χ4v) is 3.27. The molecule has 1 aliphatic heterocycles. The zero-order valence-corrected chi connectivity index (χ0v) is 15.8. The van der Waals surface area contributed by atoms with Crippen molar-refractivity contribution in [1.29, 1.82) is 0 Å². The summed E-state index contributed by atoms with van der Waals surface area (Å²) in [6.07, 6.45) is 5.58. The van der Waals surface area contributed by atoms with Gasteiger partial charge in [0.1, 0.15) is 5.82 Å². The van der Waals surface area contributed by atoms with Gasteiger partial charge in [0.2, 0.25) is 5.95 Å². The van der Waals surface area contributed by atoms with Crippen molar-refractivity contribution < 1.29 is 19.1 Å². The van der Waals surface area contributed by atoms with Crippen molar-refractivity contribution >= 4 is 11.9 Å². The first-order valence-corrected chi connectivity index (χ1v) is 9.22. The molecule has 0 radical (unpaired) electrons. The van der Waals surface area contributed by atoms with Gasteiger partial charge >= 0.3 is 5.69 Å². The van der Waals surface area contributed by atoms with Gasteiger partial charge in [-0.25, -0.2) is 24.6 Å². The lowest BCUT2D eigenvalue weighted by Crippen LogP contribution is -2.46. The van der Waals surface area contributed by atoms with Crippen LogP contribution in [0.3, 0.4) is 0 Å². The summed E-state index contributed by atoms with van der Waals surface area (Å²) in [5.41, 5.74) is 1.82. The molecule has 1 saturated heterocycles. The Labute approximate surface area is 170 Å². The van der Waals surface area contributed by atoms with Gasteiger partial charge < -0.3 is 9.64 Å². The first kappa shape index (κ1) is 19.7. The van der Waals surface area contributed by atoms with Crippen LogP contribution in [0, 0.1) is 5.82 Å². The quantitative estimate of drug-likeness (QED) is 0.464. The zero-order valence-electron chi connectivity index (χ0n) is 15.8. The van der Waals surface area contributed by atoms with E-state index in [1.807, 2.05) is 4.90 Å². The van der Waals surface area contributed by atoms with E-state index in [-0.39, 0.29) is 17.4 Å². The third-order valence-corrected chi connectivity index (χ3v) is 4.76. The predicted molar refractivity (Wildman–Crippen MR) is 103 cm³/mol. The summed E-state index contributed by atoms with van der Waals surface area (Å²) >= 11 is 0. The van der Waals surface area contributed by atoms with Crippen LogP contribution >= 0.6 is 0 Å². The summed E-state index contributed by atoms with van der Waals surface area (Å²) < 4.78 is 22.1. The number of amides is 1. The summed E-state index contributed by atoms with van der Waals surface area (Å²) in [4.78, 5) is 34.3. The number of halogens is 1. The molecule has 156 valence electrons. The number of morpholine rings is 1. The molecule has 2 aromatic heterocycles. The summed E-state index contributed by atoms with van der Waals surface area (Å²) in [6.45, 7) is 1.74. The van der Waals surface area contributed by atoms with E-state index in [1.54, 1.807) is 24.5 Å². The van der Waals surface area contributed by atoms with Crippen LogP contribution < -0.4 is 16.1 Å². The van der Waals surface area contributed by atoms with Gasteiger partial charge in [-0.2, -0.15) is 0 Å². The Kier molecular flexibility index (Phi) is 5.55. The van der Waals surface area contributed by atoms with Crippen LogP contribution in [0.5, 0.6) is 0 Å². The van der Waals surface area contributed by atoms with Crippen molar-refractivity contribution in [3.05, 3.63) is 70.9 Å². The van der Waals surface area contributed by atoms with E-state index in [1.165, 1.54) is 39.1 Å². The van der Waals surface area contributed by atoms with E-state index >= 15 is 0 Å². The maximum absolute atomic E-state index is 13.5. The van der Waals surface area contributed by atoms with Crippen LogP contribution in [-0.4, -0.2) is 56.0 Å². The molecule has 1 aromatic carbocycles. The summed E-state index contributed by atoms with van der Waals surface area (Å²) in [7, 11) is 0. The highest BCUT2D eigenvalue weighted by Gasteiger charge is 2.24. The minimum absolute atomic E-state index is 0.135. The van der Waals surface area contributed by atoms with Crippen LogP contribution in [0.25, 0.3) is 5.69 Å². The number of carbonyl (C=O) groups is 1. The maximum atomic E-state index is 13.5. The molecule has 1 unspecified atom stereocenters. The average Bonchev–Trinajstić information content (AvgIpc) is 3.13. The Morgan fingerprint density at radius 1 is 1.30 bits per heavy atom. The molecule has 3 heterocycles. The lowest BCUT2D eigenvalue weighted by atomic mass is 10.2. The highest BCUT2D eigenvalue weighted by molar-refractivity contribution is 5.92. The molecule has 3 aromatic rings. The third-order valence-electron chi connectivity index (χ3n) is 4.76. The lowest BCUT2D eigenvalue weighted by Gasteiger charge is -2.32. The molecule has 1 aliphatic rings. The number of carbonyl (C=O) groups excluding carboxylic acids is 1. The first-order chi connectivity index (χ1) is 14.5. The van der Waals surface area contributed by atoms with E-state index in [2.05, 4.69) is 9.97 Å². The van der Waals surface area contributed by atoms with Crippen LogP contribution in [0.1, 0.15) is 10.4 Å². The number of nitrogens with one attached hydrogen (secondary N) is 1.